The number of hydrogen-bond donors (Lipinski definition) is 0. The van der Waals surface area contributed by atoms with E-state index >= 15 is 0 Å². The summed E-state index contributed by atoms with van der Waals surface area (Å²) >= 11 is 0. The first-order valence-corrected chi connectivity index (χ1v) is 4.85. The molecule has 4 nitrogen and oxygen atoms in total. The van der Waals surface area contributed by atoms with Gasteiger partial charge in [0.25, 0.3) is 0 Å². The Balaban J connectivity index is 2.14. The lowest BCUT2D eigenvalue weighted by molar-refractivity contribution is 0.104. The molecule has 0 fully saturated rings. The van der Waals surface area contributed by atoms with Gasteiger partial charge in [0.15, 0.2) is 5.78 Å². The minimum Gasteiger partial charge on any atom is -0.497 e. The first kappa shape index (κ1) is 10.4. The molecule has 1 aromatic rings. The third kappa shape index (κ3) is 2.28. The van der Waals surface area contributed by atoms with Gasteiger partial charge < -0.3 is 9.47 Å². The standard InChI is InChI=1S/C12H11NO3/c1-15-10-4-2-9(3-5-10)11(14)8-12-13-6-7-16-12/h2-6,8H,7H2,1H3. The molecule has 0 unspecified atom stereocenters. The van der Waals surface area contributed by atoms with Crippen molar-refractivity contribution < 1.29 is 14.3 Å². The predicted octanol–water partition coefficient (Wildman–Crippen LogP) is 1.82. The van der Waals surface area contributed by atoms with Crippen LogP contribution in [0.1, 0.15) is 10.4 Å². The Morgan fingerprint density at radius 1 is 1.44 bits per heavy atom. The molecule has 82 valence electrons. The lowest BCUT2D eigenvalue weighted by Gasteiger charge is -2.00. The molecule has 0 amide bonds. The molecule has 0 N–H and O–H groups in total. The van der Waals surface area contributed by atoms with Gasteiger partial charge in [0, 0.05) is 17.9 Å². The number of methoxy groups -OCH3 is 1. The number of benzene rings is 1. The predicted molar refractivity (Wildman–Crippen MR) is 59.9 cm³/mol. The van der Waals surface area contributed by atoms with Crippen LogP contribution in [-0.4, -0.2) is 25.7 Å². The van der Waals surface area contributed by atoms with Crippen LogP contribution in [0.15, 0.2) is 41.2 Å². The molecule has 1 heterocycles. The Bertz CT molecular complexity index is 446. The molecule has 16 heavy (non-hydrogen) atoms. The molecular formula is C12H11NO3. The van der Waals surface area contributed by atoms with Crippen LogP contribution in [0.4, 0.5) is 0 Å². The van der Waals surface area contributed by atoms with Gasteiger partial charge in [0.05, 0.1) is 7.11 Å². The summed E-state index contributed by atoms with van der Waals surface area (Å²) in [5.41, 5.74) is 0.582. The van der Waals surface area contributed by atoms with Crippen molar-refractivity contribution in [3.63, 3.8) is 0 Å². The third-order valence-corrected chi connectivity index (χ3v) is 2.15. The number of carbonyl (C=O) groups is 1. The van der Waals surface area contributed by atoms with Gasteiger partial charge >= 0.3 is 0 Å². The molecule has 0 saturated carbocycles. The molecular weight excluding hydrogens is 206 g/mol. The minimum absolute atomic E-state index is 0.128. The summed E-state index contributed by atoms with van der Waals surface area (Å²) in [6, 6.07) is 6.89. The maximum absolute atomic E-state index is 11.7. The van der Waals surface area contributed by atoms with Crippen molar-refractivity contribution in [1.29, 1.82) is 0 Å². The summed E-state index contributed by atoms with van der Waals surface area (Å²) in [5, 5.41) is 0. The molecule has 1 aromatic carbocycles. The number of hydrogen-bond acceptors (Lipinski definition) is 4. The fourth-order valence-corrected chi connectivity index (χ4v) is 1.32. The highest BCUT2D eigenvalue weighted by molar-refractivity contribution is 6.04. The number of nitrogens with zero attached hydrogens (tertiary/aromatic N) is 1. The van der Waals surface area contributed by atoms with E-state index in [0.717, 1.165) is 5.75 Å². The normalized spacial score (nSPS) is 16.2. The van der Waals surface area contributed by atoms with E-state index in [0.29, 0.717) is 18.1 Å². The van der Waals surface area contributed by atoms with E-state index < -0.39 is 0 Å². The summed E-state index contributed by atoms with van der Waals surface area (Å²) in [5.74, 6) is 0.955. The molecule has 1 aliphatic rings. The zero-order chi connectivity index (χ0) is 11.4. The van der Waals surface area contributed by atoms with E-state index in [2.05, 4.69) is 4.99 Å². The second-order valence-corrected chi connectivity index (χ2v) is 3.20. The molecule has 0 saturated heterocycles. The second kappa shape index (κ2) is 4.61. The number of ketones is 1. The van der Waals surface area contributed by atoms with E-state index in [1.165, 1.54) is 6.08 Å². The first-order chi connectivity index (χ1) is 7.79. The largest absolute Gasteiger partial charge is 0.497 e. The number of allylic oxidation sites excluding steroid dienone is 1. The van der Waals surface area contributed by atoms with E-state index in [1.54, 1.807) is 37.6 Å². The zero-order valence-corrected chi connectivity index (χ0v) is 8.84. The lowest BCUT2D eigenvalue weighted by atomic mass is 10.1. The van der Waals surface area contributed by atoms with E-state index in [-0.39, 0.29) is 5.78 Å². The Morgan fingerprint density at radius 3 is 2.75 bits per heavy atom. The van der Waals surface area contributed by atoms with Crippen LogP contribution >= 0.6 is 0 Å². The first-order valence-electron chi connectivity index (χ1n) is 4.85. The number of carbonyl (C=O) groups excluding carboxylic acids is 1. The summed E-state index contributed by atoms with van der Waals surface area (Å²) in [6.07, 6.45) is 3.00. The molecule has 0 radical (unpaired) electrons. The zero-order valence-electron chi connectivity index (χ0n) is 8.84. The summed E-state index contributed by atoms with van der Waals surface area (Å²) < 4.78 is 10.1. The van der Waals surface area contributed by atoms with Gasteiger partial charge in [-0.15, -0.1) is 0 Å². The van der Waals surface area contributed by atoms with Crippen molar-refractivity contribution in [1.82, 2.24) is 0 Å². The molecule has 1 aliphatic heterocycles. The molecule has 2 rings (SSSR count). The highest BCUT2D eigenvalue weighted by Crippen LogP contribution is 2.13. The fourth-order valence-electron chi connectivity index (χ4n) is 1.32. The quantitative estimate of drug-likeness (QED) is 0.573. The highest BCUT2D eigenvalue weighted by Gasteiger charge is 2.07. The number of aliphatic imine (C=N–C) groups is 1. The van der Waals surface area contributed by atoms with Gasteiger partial charge in [0.1, 0.15) is 12.4 Å². The van der Waals surface area contributed by atoms with Crippen molar-refractivity contribution in [2.45, 2.75) is 0 Å². The minimum atomic E-state index is -0.128. The fraction of sp³-hybridized carbons (Fsp3) is 0.167. The summed E-state index contributed by atoms with van der Waals surface area (Å²) in [6.45, 7) is 0.432. The molecule has 0 spiro atoms. The van der Waals surface area contributed by atoms with Crippen molar-refractivity contribution >= 4 is 12.0 Å². The van der Waals surface area contributed by atoms with Crippen LogP contribution in [-0.2, 0) is 4.74 Å². The number of rotatable bonds is 3. The van der Waals surface area contributed by atoms with Crippen LogP contribution < -0.4 is 4.74 Å². The maximum atomic E-state index is 11.7. The topological polar surface area (TPSA) is 47.9 Å². The summed E-state index contributed by atoms with van der Waals surface area (Å²) in [7, 11) is 1.58. The van der Waals surface area contributed by atoms with Gasteiger partial charge in [-0.2, -0.15) is 0 Å². The molecule has 4 heteroatoms. The molecule has 0 atom stereocenters. The van der Waals surface area contributed by atoms with Crippen molar-refractivity contribution in [3.8, 4) is 5.75 Å². The Morgan fingerprint density at radius 2 is 2.19 bits per heavy atom. The van der Waals surface area contributed by atoms with Crippen LogP contribution in [0.2, 0.25) is 0 Å². The Labute approximate surface area is 93.2 Å². The smallest absolute Gasteiger partial charge is 0.217 e. The van der Waals surface area contributed by atoms with Gasteiger partial charge in [-0.1, -0.05) is 0 Å². The third-order valence-electron chi connectivity index (χ3n) is 2.15. The maximum Gasteiger partial charge on any atom is 0.217 e. The molecule has 0 aliphatic carbocycles. The Hall–Kier alpha value is -2.10. The number of ether oxygens (including phenoxy) is 2. The monoisotopic (exact) mass is 217 g/mol. The van der Waals surface area contributed by atoms with E-state index in [4.69, 9.17) is 9.47 Å². The van der Waals surface area contributed by atoms with Crippen molar-refractivity contribution in [2.75, 3.05) is 13.7 Å². The Kier molecular flexibility index (Phi) is 3.00. The van der Waals surface area contributed by atoms with Crippen molar-refractivity contribution in [2.24, 2.45) is 4.99 Å². The van der Waals surface area contributed by atoms with Crippen molar-refractivity contribution in [3.05, 3.63) is 41.8 Å². The van der Waals surface area contributed by atoms with E-state index in [1.807, 2.05) is 0 Å². The average Bonchev–Trinajstić information content (AvgIpc) is 2.82. The summed E-state index contributed by atoms with van der Waals surface area (Å²) in [4.78, 5) is 15.6. The average molecular weight is 217 g/mol. The van der Waals surface area contributed by atoms with Crippen LogP contribution in [0.5, 0.6) is 5.75 Å². The highest BCUT2D eigenvalue weighted by atomic mass is 16.5. The van der Waals surface area contributed by atoms with Crippen LogP contribution in [0.25, 0.3) is 0 Å². The van der Waals surface area contributed by atoms with Crippen LogP contribution in [0, 0.1) is 0 Å². The second-order valence-electron chi connectivity index (χ2n) is 3.20. The van der Waals surface area contributed by atoms with Gasteiger partial charge in [-0.3, -0.25) is 4.79 Å². The SMILES string of the molecule is COc1ccc(C(=O)C=C2N=CCO2)cc1. The van der Waals surface area contributed by atoms with Gasteiger partial charge in [-0.25, -0.2) is 4.99 Å². The van der Waals surface area contributed by atoms with Gasteiger partial charge in [-0.05, 0) is 24.3 Å². The van der Waals surface area contributed by atoms with Gasteiger partial charge in [0.2, 0.25) is 5.88 Å². The molecule has 0 bridgehead atoms. The van der Waals surface area contributed by atoms with E-state index in [9.17, 15) is 4.79 Å². The molecule has 0 aromatic heterocycles. The van der Waals surface area contributed by atoms with Crippen LogP contribution in [0.3, 0.4) is 0 Å². The lowest BCUT2D eigenvalue weighted by Crippen LogP contribution is -1.96.